The summed E-state index contributed by atoms with van der Waals surface area (Å²) in [5.74, 6) is -0.640. The van der Waals surface area contributed by atoms with E-state index in [2.05, 4.69) is 4.98 Å². The van der Waals surface area contributed by atoms with Gasteiger partial charge in [0.25, 0.3) is 11.5 Å². The van der Waals surface area contributed by atoms with Gasteiger partial charge in [0, 0.05) is 35.5 Å². The molecule has 0 saturated carbocycles. The summed E-state index contributed by atoms with van der Waals surface area (Å²) in [5.41, 5.74) is 6.60. The van der Waals surface area contributed by atoms with E-state index in [1.165, 1.54) is 0 Å². The van der Waals surface area contributed by atoms with E-state index in [9.17, 15) is 14.4 Å². The van der Waals surface area contributed by atoms with Crippen molar-refractivity contribution in [3.8, 4) is 0 Å². The number of hydrogen-bond acceptors (Lipinski definition) is 3. The Bertz CT molecular complexity index is 833. The largest absolute Gasteiger partial charge is 0.369 e. The van der Waals surface area contributed by atoms with E-state index in [1.54, 1.807) is 17.9 Å². The second-order valence-corrected chi connectivity index (χ2v) is 5.97. The highest BCUT2D eigenvalue weighted by Crippen LogP contribution is 2.23. The number of aromatic nitrogens is 1. The standard InChI is InChI=1S/C17H19N3O3/c1-10-14(12-4-2-3-5-13(12)19-16(10)22)17(23)20-8-6-11(7-9-20)15(18)21/h2-5,11H,6-9H2,1H3,(H2,18,21)(H,19,22). The van der Waals surface area contributed by atoms with Crippen molar-refractivity contribution in [2.24, 2.45) is 11.7 Å². The van der Waals surface area contributed by atoms with Gasteiger partial charge in [0.05, 0.1) is 5.56 Å². The van der Waals surface area contributed by atoms with Crippen molar-refractivity contribution in [3.63, 3.8) is 0 Å². The minimum atomic E-state index is -0.310. The van der Waals surface area contributed by atoms with Gasteiger partial charge in [-0.1, -0.05) is 18.2 Å². The van der Waals surface area contributed by atoms with Crippen LogP contribution in [0.2, 0.25) is 0 Å². The molecule has 0 bridgehead atoms. The van der Waals surface area contributed by atoms with Gasteiger partial charge in [-0.05, 0) is 25.8 Å². The van der Waals surface area contributed by atoms with Crippen LogP contribution in [-0.2, 0) is 4.79 Å². The third-order valence-corrected chi connectivity index (χ3v) is 4.56. The summed E-state index contributed by atoms with van der Waals surface area (Å²) >= 11 is 0. The summed E-state index contributed by atoms with van der Waals surface area (Å²) in [4.78, 5) is 40.8. The van der Waals surface area contributed by atoms with Gasteiger partial charge in [-0.25, -0.2) is 0 Å². The molecule has 23 heavy (non-hydrogen) atoms. The molecule has 0 spiro atoms. The summed E-state index contributed by atoms with van der Waals surface area (Å²) in [6.07, 6.45) is 1.14. The second-order valence-electron chi connectivity index (χ2n) is 5.97. The molecule has 6 heteroatoms. The van der Waals surface area contributed by atoms with Crippen LogP contribution in [0.15, 0.2) is 29.1 Å². The Morgan fingerprint density at radius 1 is 1.22 bits per heavy atom. The van der Waals surface area contributed by atoms with Crippen LogP contribution in [0, 0.1) is 12.8 Å². The minimum absolute atomic E-state index is 0.160. The molecule has 1 aromatic heterocycles. The predicted molar refractivity (Wildman–Crippen MR) is 87.1 cm³/mol. The number of carbonyl (C=O) groups is 2. The summed E-state index contributed by atoms with van der Waals surface area (Å²) in [5, 5.41) is 0.742. The van der Waals surface area contributed by atoms with Crippen LogP contribution in [0.3, 0.4) is 0 Å². The Balaban J connectivity index is 1.97. The van der Waals surface area contributed by atoms with Crippen molar-refractivity contribution in [2.75, 3.05) is 13.1 Å². The number of primary amides is 1. The molecule has 2 heterocycles. The zero-order chi connectivity index (χ0) is 16.6. The SMILES string of the molecule is Cc1c(C(=O)N2CCC(C(N)=O)CC2)c2ccccc2[nH]c1=O. The summed E-state index contributed by atoms with van der Waals surface area (Å²) < 4.78 is 0. The first-order valence-electron chi connectivity index (χ1n) is 7.69. The van der Waals surface area contributed by atoms with Crippen molar-refractivity contribution in [1.82, 2.24) is 9.88 Å². The molecule has 2 aromatic rings. The van der Waals surface area contributed by atoms with Crippen LogP contribution in [-0.4, -0.2) is 34.8 Å². The highest BCUT2D eigenvalue weighted by Gasteiger charge is 2.28. The van der Waals surface area contributed by atoms with Crippen LogP contribution in [0.25, 0.3) is 10.9 Å². The lowest BCUT2D eigenvalue weighted by atomic mass is 9.95. The topological polar surface area (TPSA) is 96.3 Å². The molecule has 1 fully saturated rings. The number of likely N-dealkylation sites (tertiary alicyclic amines) is 1. The van der Waals surface area contributed by atoms with Gasteiger partial charge in [-0.2, -0.15) is 0 Å². The van der Waals surface area contributed by atoms with Crippen molar-refractivity contribution in [1.29, 1.82) is 0 Å². The van der Waals surface area contributed by atoms with E-state index in [1.807, 2.05) is 18.2 Å². The van der Waals surface area contributed by atoms with Crippen LogP contribution >= 0.6 is 0 Å². The number of nitrogens with one attached hydrogen (secondary N) is 1. The van der Waals surface area contributed by atoms with Crippen LogP contribution in [0.1, 0.15) is 28.8 Å². The van der Waals surface area contributed by atoms with Gasteiger partial charge in [-0.15, -0.1) is 0 Å². The molecule has 0 aliphatic carbocycles. The number of fused-ring (bicyclic) bond motifs is 1. The highest BCUT2D eigenvalue weighted by molar-refractivity contribution is 6.07. The number of hydrogen-bond donors (Lipinski definition) is 2. The molecule has 6 nitrogen and oxygen atoms in total. The number of nitrogens with two attached hydrogens (primary N) is 1. The average molecular weight is 313 g/mol. The van der Waals surface area contributed by atoms with Gasteiger partial charge in [-0.3, -0.25) is 14.4 Å². The smallest absolute Gasteiger partial charge is 0.255 e. The molecule has 1 saturated heterocycles. The molecule has 3 rings (SSSR count). The highest BCUT2D eigenvalue weighted by atomic mass is 16.2. The summed E-state index contributed by atoms with van der Waals surface area (Å²) in [7, 11) is 0. The quantitative estimate of drug-likeness (QED) is 0.871. The number of piperidine rings is 1. The number of H-pyrrole nitrogens is 1. The van der Waals surface area contributed by atoms with Crippen LogP contribution < -0.4 is 11.3 Å². The fourth-order valence-corrected chi connectivity index (χ4v) is 3.14. The Morgan fingerprint density at radius 3 is 2.52 bits per heavy atom. The number of carbonyl (C=O) groups excluding carboxylic acids is 2. The van der Waals surface area contributed by atoms with Crippen molar-refractivity contribution in [3.05, 3.63) is 45.7 Å². The molecule has 3 N–H and O–H groups in total. The normalized spacial score (nSPS) is 15.8. The molecule has 0 unspecified atom stereocenters. The Kier molecular flexibility index (Phi) is 3.90. The first-order valence-corrected chi connectivity index (χ1v) is 7.69. The van der Waals surface area contributed by atoms with E-state index in [-0.39, 0.29) is 23.3 Å². The van der Waals surface area contributed by atoms with Crippen molar-refractivity contribution in [2.45, 2.75) is 19.8 Å². The molecule has 1 aromatic carbocycles. The van der Waals surface area contributed by atoms with Gasteiger partial charge in [0.1, 0.15) is 0 Å². The molecular formula is C17H19N3O3. The lowest BCUT2D eigenvalue weighted by Gasteiger charge is -2.31. The van der Waals surface area contributed by atoms with E-state index < -0.39 is 0 Å². The number of pyridine rings is 1. The zero-order valence-electron chi connectivity index (χ0n) is 13.0. The first-order chi connectivity index (χ1) is 11.0. The molecule has 0 radical (unpaired) electrons. The summed E-state index contributed by atoms with van der Waals surface area (Å²) in [6, 6.07) is 7.28. The van der Waals surface area contributed by atoms with Gasteiger partial charge < -0.3 is 15.6 Å². The van der Waals surface area contributed by atoms with Crippen LogP contribution in [0.4, 0.5) is 0 Å². The molecule has 1 aliphatic rings. The number of para-hydroxylation sites is 1. The van der Waals surface area contributed by atoms with Gasteiger partial charge >= 0.3 is 0 Å². The molecule has 120 valence electrons. The molecule has 2 amide bonds. The zero-order valence-corrected chi connectivity index (χ0v) is 13.0. The number of nitrogens with zero attached hydrogens (tertiary/aromatic N) is 1. The van der Waals surface area contributed by atoms with Crippen LogP contribution in [0.5, 0.6) is 0 Å². The first kappa shape index (κ1) is 15.3. The van der Waals surface area contributed by atoms with E-state index in [0.717, 1.165) is 5.39 Å². The lowest BCUT2D eigenvalue weighted by Crippen LogP contribution is -2.42. The maximum atomic E-state index is 12.9. The maximum Gasteiger partial charge on any atom is 0.255 e. The monoisotopic (exact) mass is 313 g/mol. The van der Waals surface area contributed by atoms with Crippen molar-refractivity contribution >= 4 is 22.7 Å². The molecule has 1 aliphatic heterocycles. The fourth-order valence-electron chi connectivity index (χ4n) is 3.14. The van der Waals surface area contributed by atoms with Crippen molar-refractivity contribution < 1.29 is 9.59 Å². The summed E-state index contributed by atoms with van der Waals surface area (Å²) in [6.45, 7) is 2.62. The molecule has 0 atom stereocenters. The lowest BCUT2D eigenvalue weighted by molar-refractivity contribution is -0.123. The van der Waals surface area contributed by atoms with E-state index >= 15 is 0 Å². The third-order valence-electron chi connectivity index (χ3n) is 4.56. The number of aromatic amines is 1. The predicted octanol–water partition coefficient (Wildman–Crippen LogP) is 1.17. The fraction of sp³-hybridized carbons (Fsp3) is 0.353. The number of benzene rings is 1. The maximum absolute atomic E-state index is 12.9. The number of rotatable bonds is 2. The third kappa shape index (κ3) is 2.72. The average Bonchev–Trinajstić information content (AvgIpc) is 2.55. The van der Waals surface area contributed by atoms with E-state index in [0.29, 0.717) is 42.6 Å². The van der Waals surface area contributed by atoms with Gasteiger partial charge in [0.2, 0.25) is 5.91 Å². The second kappa shape index (κ2) is 5.87. The minimum Gasteiger partial charge on any atom is -0.369 e. The molecular weight excluding hydrogens is 294 g/mol. The number of amides is 2. The Labute approximate surface area is 133 Å². The van der Waals surface area contributed by atoms with Gasteiger partial charge in [0.15, 0.2) is 0 Å². The Hall–Kier alpha value is -2.63. The Morgan fingerprint density at radius 2 is 1.87 bits per heavy atom. The van der Waals surface area contributed by atoms with E-state index in [4.69, 9.17) is 5.73 Å².